The molecule has 2 saturated heterocycles. The van der Waals surface area contributed by atoms with E-state index in [1.807, 2.05) is 32.9 Å². The van der Waals surface area contributed by atoms with Gasteiger partial charge in [-0.3, -0.25) is 9.69 Å². The highest BCUT2D eigenvalue weighted by Gasteiger charge is 2.24. The molecule has 0 aliphatic carbocycles. The standard InChI is InChI=1S/C23H36N4O3/c1-23(2,3)30-22(29)25-19-11-15-26(16-12-19)17-21(28)24-18-7-9-20(10-8-18)27-13-5-4-6-14-27/h7-10,19H,4-6,11-17H2,1-3H3,(H,24,28)(H,25,29). The van der Waals surface area contributed by atoms with Crippen molar-refractivity contribution in [1.29, 1.82) is 0 Å². The SMILES string of the molecule is CC(C)(C)OC(=O)NC1CCN(CC(=O)Nc2ccc(N3CCCCC3)cc2)CC1. The van der Waals surface area contributed by atoms with Gasteiger partial charge in [-0.1, -0.05) is 0 Å². The van der Waals surface area contributed by atoms with Gasteiger partial charge in [-0.05, 0) is 77.1 Å². The number of amides is 2. The van der Waals surface area contributed by atoms with Crippen molar-refractivity contribution in [3.8, 4) is 0 Å². The third-order valence-corrected chi connectivity index (χ3v) is 5.55. The van der Waals surface area contributed by atoms with Crippen LogP contribution in [0.5, 0.6) is 0 Å². The van der Waals surface area contributed by atoms with Gasteiger partial charge in [-0.25, -0.2) is 4.79 Å². The lowest BCUT2D eigenvalue weighted by Gasteiger charge is -2.32. The van der Waals surface area contributed by atoms with Crippen LogP contribution >= 0.6 is 0 Å². The molecule has 2 heterocycles. The van der Waals surface area contributed by atoms with Crippen molar-refractivity contribution >= 4 is 23.4 Å². The number of hydrogen-bond acceptors (Lipinski definition) is 5. The van der Waals surface area contributed by atoms with Crippen molar-refractivity contribution in [1.82, 2.24) is 10.2 Å². The summed E-state index contributed by atoms with van der Waals surface area (Å²) < 4.78 is 5.31. The molecule has 2 aliphatic heterocycles. The first-order chi connectivity index (χ1) is 14.3. The molecular formula is C23H36N4O3. The zero-order valence-electron chi connectivity index (χ0n) is 18.6. The Kier molecular flexibility index (Phi) is 7.58. The summed E-state index contributed by atoms with van der Waals surface area (Å²) in [5.41, 5.74) is 1.57. The third kappa shape index (κ3) is 7.20. The molecule has 0 atom stereocenters. The summed E-state index contributed by atoms with van der Waals surface area (Å²) in [6.45, 7) is 9.73. The normalized spacial score (nSPS) is 18.7. The number of alkyl carbamates (subject to hydrolysis) is 1. The number of carbonyl (C=O) groups excluding carboxylic acids is 2. The Morgan fingerprint density at radius 2 is 1.63 bits per heavy atom. The van der Waals surface area contributed by atoms with Gasteiger partial charge in [0.2, 0.25) is 5.91 Å². The van der Waals surface area contributed by atoms with Crippen molar-refractivity contribution in [3.05, 3.63) is 24.3 Å². The predicted molar refractivity (Wildman–Crippen MR) is 120 cm³/mol. The molecule has 2 aliphatic rings. The van der Waals surface area contributed by atoms with E-state index in [9.17, 15) is 9.59 Å². The van der Waals surface area contributed by atoms with Crippen LogP contribution in [0, 0.1) is 0 Å². The molecule has 7 heteroatoms. The lowest BCUT2D eigenvalue weighted by Crippen LogP contribution is -2.47. The molecule has 2 fully saturated rings. The highest BCUT2D eigenvalue weighted by atomic mass is 16.6. The topological polar surface area (TPSA) is 73.9 Å². The minimum Gasteiger partial charge on any atom is -0.444 e. The van der Waals surface area contributed by atoms with E-state index in [1.54, 1.807) is 0 Å². The Bertz CT molecular complexity index is 700. The summed E-state index contributed by atoms with van der Waals surface area (Å²) in [6, 6.07) is 8.25. The van der Waals surface area contributed by atoms with E-state index in [4.69, 9.17) is 4.74 Å². The number of likely N-dealkylation sites (tertiary alicyclic amines) is 1. The molecule has 0 saturated carbocycles. The molecule has 2 N–H and O–H groups in total. The molecule has 0 aromatic heterocycles. The zero-order chi connectivity index (χ0) is 21.6. The van der Waals surface area contributed by atoms with Crippen molar-refractivity contribution in [3.63, 3.8) is 0 Å². The van der Waals surface area contributed by atoms with Gasteiger partial charge in [0.15, 0.2) is 0 Å². The Balaban J connectivity index is 1.38. The molecule has 3 rings (SSSR count). The van der Waals surface area contributed by atoms with Crippen molar-refractivity contribution in [2.24, 2.45) is 0 Å². The maximum atomic E-state index is 12.4. The summed E-state index contributed by atoms with van der Waals surface area (Å²) in [6.07, 6.45) is 5.09. The lowest BCUT2D eigenvalue weighted by molar-refractivity contribution is -0.117. The summed E-state index contributed by atoms with van der Waals surface area (Å²) in [7, 11) is 0. The van der Waals surface area contributed by atoms with E-state index < -0.39 is 5.60 Å². The number of ether oxygens (including phenoxy) is 1. The number of hydrogen-bond donors (Lipinski definition) is 2. The molecule has 1 aromatic carbocycles. The maximum absolute atomic E-state index is 12.4. The average molecular weight is 417 g/mol. The van der Waals surface area contributed by atoms with Gasteiger partial charge >= 0.3 is 6.09 Å². The molecule has 30 heavy (non-hydrogen) atoms. The van der Waals surface area contributed by atoms with Gasteiger partial charge in [-0.2, -0.15) is 0 Å². The number of anilines is 2. The molecule has 7 nitrogen and oxygen atoms in total. The van der Waals surface area contributed by atoms with Gasteiger partial charge in [0.1, 0.15) is 5.60 Å². The van der Waals surface area contributed by atoms with E-state index in [2.05, 4.69) is 32.6 Å². The molecule has 0 bridgehead atoms. The van der Waals surface area contributed by atoms with Crippen LogP contribution in [0.1, 0.15) is 52.9 Å². The smallest absolute Gasteiger partial charge is 0.407 e. The maximum Gasteiger partial charge on any atom is 0.407 e. The Hall–Kier alpha value is -2.28. The summed E-state index contributed by atoms with van der Waals surface area (Å²) in [5, 5.41) is 5.93. The van der Waals surface area contributed by atoms with Gasteiger partial charge in [0, 0.05) is 43.6 Å². The highest BCUT2D eigenvalue weighted by molar-refractivity contribution is 5.92. The molecule has 166 valence electrons. The van der Waals surface area contributed by atoms with Crippen LogP contribution in [-0.2, 0) is 9.53 Å². The Morgan fingerprint density at radius 1 is 1.00 bits per heavy atom. The molecule has 0 unspecified atom stereocenters. The fourth-order valence-corrected chi connectivity index (χ4v) is 4.02. The van der Waals surface area contributed by atoms with Crippen LogP contribution in [0.15, 0.2) is 24.3 Å². The quantitative estimate of drug-likeness (QED) is 0.767. The van der Waals surface area contributed by atoms with E-state index in [1.165, 1.54) is 24.9 Å². The fourth-order valence-electron chi connectivity index (χ4n) is 4.02. The second kappa shape index (κ2) is 10.2. The van der Waals surface area contributed by atoms with Gasteiger partial charge < -0.3 is 20.3 Å². The van der Waals surface area contributed by atoms with Crippen LogP contribution in [0.2, 0.25) is 0 Å². The number of rotatable bonds is 5. The van der Waals surface area contributed by atoms with Gasteiger partial charge in [0.25, 0.3) is 0 Å². The number of nitrogens with zero attached hydrogens (tertiary/aromatic N) is 2. The summed E-state index contributed by atoms with van der Waals surface area (Å²) in [4.78, 5) is 28.9. The third-order valence-electron chi connectivity index (χ3n) is 5.55. The van der Waals surface area contributed by atoms with Crippen LogP contribution in [0.4, 0.5) is 16.2 Å². The van der Waals surface area contributed by atoms with Crippen LogP contribution < -0.4 is 15.5 Å². The van der Waals surface area contributed by atoms with Gasteiger partial charge in [0.05, 0.1) is 6.54 Å². The van der Waals surface area contributed by atoms with Gasteiger partial charge in [-0.15, -0.1) is 0 Å². The van der Waals surface area contributed by atoms with Crippen molar-refractivity contribution in [2.75, 3.05) is 42.9 Å². The van der Waals surface area contributed by atoms with Crippen molar-refractivity contribution in [2.45, 2.75) is 64.5 Å². The first kappa shape index (κ1) is 22.4. The van der Waals surface area contributed by atoms with Crippen LogP contribution in [-0.4, -0.2) is 61.3 Å². The number of benzene rings is 1. The first-order valence-electron chi connectivity index (χ1n) is 11.2. The lowest BCUT2D eigenvalue weighted by atomic mass is 10.1. The number of piperidine rings is 2. The second-order valence-corrected chi connectivity index (χ2v) is 9.34. The predicted octanol–water partition coefficient (Wildman–Crippen LogP) is 3.60. The van der Waals surface area contributed by atoms with Crippen molar-refractivity contribution < 1.29 is 14.3 Å². The second-order valence-electron chi connectivity index (χ2n) is 9.34. The highest BCUT2D eigenvalue weighted by Crippen LogP contribution is 2.22. The summed E-state index contributed by atoms with van der Waals surface area (Å²) in [5.74, 6) is -0.000672. The first-order valence-corrected chi connectivity index (χ1v) is 11.2. The molecule has 1 aromatic rings. The van der Waals surface area contributed by atoms with E-state index in [0.29, 0.717) is 6.54 Å². The number of nitrogens with one attached hydrogen (secondary N) is 2. The van der Waals surface area contributed by atoms with Crippen LogP contribution in [0.3, 0.4) is 0 Å². The molecule has 0 radical (unpaired) electrons. The van der Waals surface area contributed by atoms with E-state index in [-0.39, 0.29) is 18.0 Å². The minimum absolute atomic E-state index is 0.000672. The fraction of sp³-hybridized carbons (Fsp3) is 0.652. The average Bonchev–Trinajstić information content (AvgIpc) is 2.69. The van der Waals surface area contributed by atoms with E-state index >= 15 is 0 Å². The minimum atomic E-state index is -0.491. The Labute approximate surface area is 180 Å². The van der Waals surface area contributed by atoms with Crippen LogP contribution in [0.25, 0.3) is 0 Å². The van der Waals surface area contributed by atoms with E-state index in [0.717, 1.165) is 44.7 Å². The molecular weight excluding hydrogens is 380 g/mol. The monoisotopic (exact) mass is 416 g/mol. The Morgan fingerprint density at radius 3 is 2.23 bits per heavy atom. The summed E-state index contributed by atoms with van der Waals surface area (Å²) >= 11 is 0. The molecule has 2 amide bonds. The number of carbonyl (C=O) groups is 2. The largest absolute Gasteiger partial charge is 0.444 e. The zero-order valence-corrected chi connectivity index (χ0v) is 18.6. The molecule has 0 spiro atoms.